The highest BCUT2D eigenvalue weighted by Crippen LogP contribution is 2.35. The summed E-state index contributed by atoms with van der Waals surface area (Å²) in [4.78, 5) is 26.7. The Labute approximate surface area is 222 Å². The van der Waals surface area contributed by atoms with Crippen LogP contribution in [0.1, 0.15) is 41.1 Å². The van der Waals surface area contributed by atoms with Gasteiger partial charge in [-0.2, -0.15) is 0 Å². The topological polar surface area (TPSA) is 88.1 Å². The number of ether oxygens (including phenoxy) is 2. The van der Waals surface area contributed by atoms with E-state index in [0.29, 0.717) is 35.2 Å². The van der Waals surface area contributed by atoms with E-state index in [0.717, 1.165) is 23.2 Å². The molecule has 0 spiro atoms. The number of amides is 1. The molecule has 1 aliphatic heterocycles. The number of carboxylic acids is 1. The van der Waals surface area contributed by atoms with Gasteiger partial charge in [0.15, 0.2) is 0 Å². The Morgan fingerprint density at radius 3 is 2.46 bits per heavy atom. The lowest BCUT2D eigenvalue weighted by Gasteiger charge is -2.27. The second kappa shape index (κ2) is 11.6. The van der Waals surface area contributed by atoms with Crippen molar-refractivity contribution in [3.8, 4) is 11.5 Å². The van der Waals surface area contributed by atoms with Crippen molar-refractivity contribution in [2.45, 2.75) is 39.2 Å². The van der Waals surface area contributed by atoms with E-state index in [1.165, 1.54) is 11.1 Å². The van der Waals surface area contributed by atoms with Gasteiger partial charge < -0.3 is 24.8 Å². The molecule has 3 aromatic rings. The lowest BCUT2D eigenvalue weighted by atomic mass is 10.0. The van der Waals surface area contributed by atoms with Crippen LogP contribution in [0.4, 0.5) is 11.4 Å². The van der Waals surface area contributed by atoms with Gasteiger partial charge >= 0.3 is 5.97 Å². The van der Waals surface area contributed by atoms with Crippen molar-refractivity contribution in [1.82, 2.24) is 0 Å². The van der Waals surface area contributed by atoms with E-state index >= 15 is 0 Å². The number of anilines is 2. The van der Waals surface area contributed by atoms with Gasteiger partial charge in [-0.3, -0.25) is 9.59 Å². The maximum absolute atomic E-state index is 14.0. The van der Waals surface area contributed by atoms with Crippen molar-refractivity contribution in [1.29, 1.82) is 0 Å². The van der Waals surface area contributed by atoms with E-state index in [9.17, 15) is 9.59 Å². The third kappa shape index (κ3) is 6.35. The number of rotatable bonds is 10. The fourth-order valence-electron chi connectivity index (χ4n) is 4.43. The largest absolute Gasteiger partial charge is 0.497 e. The summed E-state index contributed by atoms with van der Waals surface area (Å²) in [6.07, 6.45) is 1.22. The highest BCUT2D eigenvalue weighted by atomic mass is 35.5. The third-order valence-corrected chi connectivity index (χ3v) is 6.79. The molecule has 0 radical (unpaired) electrons. The first-order valence-corrected chi connectivity index (χ1v) is 12.6. The van der Waals surface area contributed by atoms with E-state index in [1.807, 2.05) is 17.0 Å². The zero-order chi connectivity index (χ0) is 26.5. The first-order valence-electron chi connectivity index (χ1n) is 12.2. The van der Waals surface area contributed by atoms with Crippen molar-refractivity contribution >= 4 is 34.9 Å². The van der Waals surface area contributed by atoms with Crippen LogP contribution in [0.15, 0.2) is 54.6 Å². The van der Waals surface area contributed by atoms with E-state index < -0.39 is 12.0 Å². The van der Waals surface area contributed by atoms with E-state index in [1.54, 1.807) is 37.4 Å². The standard InChI is InChI=1S/C29H31ClN2O5/c1-18-13-21-10-11-32(26(21)14-19(18)2)29(35)28(20-6-8-22(30)9-7-20)31-23-15-24(36-3)17-25(16-23)37-12-4-5-27(33)34/h6-9,13-17,28,31H,4-5,10-12H2,1-3H3,(H,33,34). The summed E-state index contributed by atoms with van der Waals surface area (Å²) < 4.78 is 11.2. The Balaban J connectivity index is 1.63. The number of halogens is 1. The van der Waals surface area contributed by atoms with Gasteiger partial charge in [-0.1, -0.05) is 29.8 Å². The Bertz CT molecular complexity index is 1290. The maximum Gasteiger partial charge on any atom is 0.303 e. The first-order chi connectivity index (χ1) is 17.7. The molecule has 1 unspecified atom stereocenters. The van der Waals surface area contributed by atoms with Crippen LogP contribution in [-0.4, -0.2) is 37.2 Å². The zero-order valence-corrected chi connectivity index (χ0v) is 22.0. The van der Waals surface area contributed by atoms with Crippen LogP contribution >= 0.6 is 11.6 Å². The number of fused-ring (bicyclic) bond motifs is 1. The average molecular weight is 523 g/mol. The summed E-state index contributed by atoms with van der Waals surface area (Å²) in [5.74, 6) is 0.135. The smallest absolute Gasteiger partial charge is 0.303 e. The molecule has 194 valence electrons. The minimum Gasteiger partial charge on any atom is -0.497 e. The fourth-order valence-corrected chi connectivity index (χ4v) is 4.55. The summed E-state index contributed by atoms with van der Waals surface area (Å²) in [6, 6.07) is 16.1. The molecule has 3 aromatic carbocycles. The molecule has 2 N–H and O–H groups in total. The highest BCUT2D eigenvalue weighted by molar-refractivity contribution is 6.30. The molecule has 4 rings (SSSR count). The predicted molar refractivity (Wildman–Crippen MR) is 145 cm³/mol. The number of carboxylic acid groups (broad SMARTS) is 1. The second-order valence-electron chi connectivity index (χ2n) is 9.18. The normalized spacial score (nSPS) is 13.1. The Hall–Kier alpha value is -3.71. The number of hydrogen-bond donors (Lipinski definition) is 2. The molecule has 1 aliphatic rings. The number of benzene rings is 3. The summed E-state index contributed by atoms with van der Waals surface area (Å²) in [5.41, 5.74) is 5.89. The van der Waals surface area contributed by atoms with E-state index in [-0.39, 0.29) is 18.9 Å². The minimum absolute atomic E-state index is 0.0263. The number of aryl methyl sites for hydroxylation is 2. The molecule has 1 amide bonds. The summed E-state index contributed by atoms with van der Waals surface area (Å²) in [7, 11) is 1.56. The van der Waals surface area contributed by atoms with Gasteiger partial charge in [0.05, 0.1) is 13.7 Å². The van der Waals surface area contributed by atoms with Crippen molar-refractivity contribution < 1.29 is 24.2 Å². The van der Waals surface area contributed by atoms with Crippen molar-refractivity contribution in [3.05, 3.63) is 81.9 Å². The SMILES string of the molecule is COc1cc(NC(C(=O)N2CCc3cc(C)c(C)cc32)c2ccc(Cl)cc2)cc(OCCCC(=O)O)c1. The van der Waals surface area contributed by atoms with Crippen LogP contribution in [0.2, 0.25) is 5.02 Å². The molecule has 8 heteroatoms. The Morgan fingerprint density at radius 2 is 1.76 bits per heavy atom. The van der Waals surface area contributed by atoms with Gasteiger partial charge in [-0.25, -0.2) is 0 Å². The summed E-state index contributed by atoms with van der Waals surface area (Å²) in [6.45, 7) is 5.00. The van der Waals surface area contributed by atoms with Gasteiger partial charge in [0.2, 0.25) is 0 Å². The molecule has 0 aliphatic carbocycles. The van der Waals surface area contributed by atoms with E-state index in [4.69, 9.17) is 26.2 Å². The molecule has 7 nitrogen and oxygen atoms in total. The van der Waals surface area contributed by atoms with Crippen LogP contribution < -0.4 is 19.7 Å². The monoisotopic (exact) mass is 522 g/mol. The molecule has 0 saturated heterocycles. The van der Waals surface area contributed by atoms with Gasteiger partial charge in [0.1, 0.15) is 17.5 Å². The van der Waals surface area contributed by atoms with Crippen LogP contribution in [0.5, 0.6) is 11.5 Å². The van der Waals surface area contributed by atoms with Gasteiger partial charge in [0.25, 0.3) is 5.91 Å². The number of carbonyl (C=O) groups excluding carboxylic acids is 1. The first kappa shape index (κ1) is 26.4. The molecule has 37 heavy (non-hydrogen) atoms. The van der Waals surface area contributed by atoms with Crippen molar-refractivity contribution in [2.75, 3.05) is 30.5 Å². The molecule has 0 saturated carbocycles. The fraction of sp³-hybridized carbons (Fsp3) is 0.310. The molecule has 1 heterocycles. The zero-order valence-electron chi connectivity index (χ0n) is 21.2. The lowest BCUT2D eigenvalue weighted by molar-refractivity contribution is -0.137. The van der Waals surface area contributed by atoms with Gasteiger partial charge in [-0.15, -0.1) is 0 Å². The molecule has 1 atom stereocenters. The predicted octanol–water partition coefficient (Wildman–Crippen LogP) is 5.95. The summed E-state index contributed by atoms with van der Waals surface area (Å²) in [5, 5.41) is 12.8. The number of nitrogens with zero attached hydrogens (tertiary/aromatic N) is 1. The minimum atomic E-state index is -0.866. The number of methoxy groups -OCH3 is 1. The van der Waals surface area contributed by atoms with Crippen LogP contribution in [0.25, 0.3) is 0 Å². The number of nitrogens with one attached hydrogen (secondary N) is 1. The second-order valence-corrected chi connectivity index (χ2v) is 9.61. The van der Waals surface area contributed by atoms with E-state index in [2.05, 4.69) is 31.3 Å². The van der Waals surface area contributed by atoms with Crippen molar-refractivity contribution in [2.24, 2.45) is 0 Å². The molecule has 0 bridgehead atoms. The Kier molecular flexibility index (Phi) is 8.24. The van der Waals surface area contributed by atoms with Gasteiger partial charge in [0, 0.05) is 47.6 Å². The molecule has 0 fully saturated rings. The third-order valence-electron chi connectivity index (χ3n) is 6.54. The van der Waals surface area contributed by atoms with Gasteiger partial charge in [-0.05, 0) is 67.1 Å². The number of hydrogen-bond acceptors (Lipinski definition) is 5. The van der Waals surface area contributed by atoms with Crippen molar-refractivity contribution in [3.63, 3.8) is 0 Å². The highest BCUT2D eigenvalue weighted by Gasteiger charge is 2.32. The number of aliphatic carboxylic acids is 1. The molecule has 0 aromatic heterocycles. The Morgan fingerprint density at radius 1 is 1.05 bits per heavy atom. The summed E-state index contributed by atoms with van der Waals surface area (Å²) >= 11 is 6.14. The van der Waals surface area contributed by atoms with Crippen LogP contribution in [-0.2, 0) is 16.0 Å². The maximum atomic E-state index is 14.0. The molecular formula is C29H31ClN2O5. The lowest BCUT2D eigenvalue weighted by Crippen LogP contribution is -2.37. The quantitative estimate of drug-likeness (QED) is 0.320. The van der Waals surface area contributed by atoms with Crippen LogP contribution in [0, 0.1) is 13.8 Å². The average Bonchev–Trinajstić information content (AvgIpc) is 3.27. The number of carbonyl (C=O) groups is 2. The molecular weight excluding hydrogens is 492 g/mol. The van der Waals surface area contributed by atoms with Crippen LogP contribution in [0.3, 0.4) is 0 Å².